The van der Waals surface area contributed by atoms with E-state index in [0.29, 0.717) is 10.8 Å². The first-order valence-electron chi connectivity index (χ1n) is 5.77. The highest BCUT2D eigenvalue weighted by Gasteiger charge is 2.26. The van der Waals surface area contributed by atoms with Crippen LogP contribution in [0.25, 0.3) is 0 Å². The number of ether oxygens (including phenoxy) is 1. The van der Waals surface area contributed by atoms with Gasteiger partial charge in [0.05, 0.1) is 12.1 Å². The van der Waals surface area contributed by atoms with Crippen LogP contribution in [-0.4, -0.2) is 12.2 Å². The van der Waals surface area contributed by atoms with Crippen LogP contribution in [0, 0.1) is 0 Å². The molecule has 2 nitrogen and oxygen atoms in total. The van der Waals surface area contributed by atoms with Crippen molar-refractivity contribution in [3.8, 4) is 5.75 Å². The van der Waals surface area contributed by atoms with Crippen LogP contribution in [0.3, 0.4) is 0 Å². The average Bonchev–Trinajstić information content (AvgIpc) is 2.39. The summed E-state index contributed by atoms with van der Waals surface area (Å²) < 4.78 is 6.11. The number of hydrogen-bond acceptors (Lipinski definition) is 2. The molecule has 0 aromatic heterocycles. The Labute approximate surface area is 126 Å². The lowest BCUT2D eigenvalue weighted by atomic mass is 9.88. The van der Waals surface area contributed by atoms with Gasteiger partial charge in [0, 0.05) is 4.47 Å². The lowest BCUT2D eigenvalue weighted by molar-refractivity contribution is 0.102. The molecule has 0 spiro atoms. The highest BCUT2D eigenvalue weighted by Crippen LogP contribution is 2.35. The number of benzene rings is 2. The molecule has 2 rings (SSSR count). The predicted molar refractivity (Wildman–Crippen MR) is 80.8 cm³/mol. The van der Waals surface area contributed by atoms with Crippen LogP contribution in [-0.2, 0) is 5.60 Å². The Morgan fingerprint density at radius 2 is 1.84 bits per heavy atom. The second kappa shape index (κ2) is 5.53. The molecule has 1 atom stereocenters. The van der Waals surface area contributed by atoms with E-state index in [0.717, 1.165) is 15.6 Å². The van der Waals surface area contributed by atoms with E-state index in [1.807, 2.05) is 24.3 Å². The van der Waals surface area contributed by atoms with Gasteiger partial charge in [0.15, 0.2) is 0 Å². The zero-order chi connectivity index (χ0) is 14.0. The van der Waals surface area contributed by atoms with Gasteiger partial charge in [-0.2, -0.15) is 0 Å². The quantitative estimate of drug-likeness (QED) is 0.898. The Balaban J connectivity index is 2.49. The zero-order valence-corrected chi connectivity index (χ0v) is 13.0. The fourth-order valence-corrected chi connectivity index (χ4v) is 2.51. The molecule has 0 aliphatic rings. The predicted octanol–water partition coefficient (Wildman–Crippen LogP) is 4.37. The topological polar surface area (TPSA) is 29.5 Å². The summed E-state index contributed by atoms with van der Waals surface area (Å²) in [5.41, 5.74) is 0.417. The van der Waals surface area contributed by atoms with E-state index < -0.39 is 5.60 Å². The molecule has 0 radical (unpaired) electrons. The lowest BCUT2D eigenvalue weighted by Crippen LogP contribution is -2.22. The van der Waals surface area contributed by atoms with Crippen molar-refractivity contribution >= 4 is 27.5 Å². The maximum Gasteiger partial charge on any atom is 0.137 e. The van der Waals surface area contributed by atoms with Crippen LogP contribution in [0.4, 0.5) is 0 Å². The minimum atomic E-state index is -1.11. The number of rotatable bonds is 3. The van der Waals surface area contributed by atoms with E-state index in [1.54, 1.807) is 32.2 Å². The second-order valence-electron chi connectivity index (χ2n) is 4.43. The van der Waals surface area contributed by atoms with Gasteiger partial charge >= 0.3 is 0 Å². The summed E-state index contributed by atoms with van der Waals surface area (Å²) in [6, 6.07) is 12.9. The number of halogens is 2. The van der Waals surface area contributed by atoms with Crippen molar-refractivity contribution in [1.82, 2.24) is 0 Å². The highest BCUT2D eigenvalue weighted by atomic mass is 79.9. The SMILES string of the molecule is COc1cc(C(C)(O)c2cccc(Br)c2)ccc1Cl. The van der Waals surface area contributed by atoms with E-state index in [-0.39, 0.29) is 0 Å². The van der Waals surface area contributed by atoms with E-state index in [9.17, 15) is 5.11 Å². The molecule has 0 aliphatic carbocycles. The number of aliphatic hydroxyl groups is 1. The molecule has 2 aromatic carbocycles. The fraction of sp³-hybridized carbons (Fsp3) is 0.200. The van der Waals surface area contributed by atoms with Crippen LogP contribution in [0.1, 0.15) is 18.1 Å². The van der Waals surface area contributed by atoms with Gasteiger partial charge in [-0.25, -0.2) is 0 Å². The molecular weight excluding hydrogens is 328 g/mol. The third-order valence-corrected chi connectivity index (χ3v) is 3.91. The molecular formula is C15H14BrClO2. The Morgan fingerprint density at radius 3 is 2.47 bits per heavy atom. The Hall–Kier alpha value is -1.03. The van der Waals surface area contributed by atoms with E-state index in [2.05, 4.69) is 15.9 Å². The summed E-state index contributed by atoms with van der Waals surface area (Å²) >= 11 is 9.41. The third-order valence-electron chi connectivity index (χ3n) is 3.10. The molecule has 0 saturated heterocycles. The van der Waals surface area contributed by atoms with Crippen molar-refractivity contribution in [3.63, 3.8) is 0 Å². The monoisotopic (exact) mass is 340 g/mol. The summed E-state index contributed by atoms with van der Waals surface area (Å²) in [4.78, 5) is 0. The summed E-state index contributed by atoms with van der Waals surface area (Å²) in [6.07, 6.45) is 0. The zero-order valence-electron chi connectivity index (χ0n) is 10.7. The van der Waals surface area contributed by atoms with E-state index in [1.165, 1.54) is 0 Å². The van der Waals surface area contributed by atoms with Gasteiger partial charge in [-0.3, -0.25) is 0 Å². The maximum absolute atomic E-state index is 10.8. The maximum atomic E-state index is 10.8. The molecule has 1 unspecified atom stereocenters. The van der Waals surface area contributed by atoms with Gasteiger partial charge in [0.2, 0.25) is 0 Å². The Morgan fingerprint density at radius 1 is 1.16 bits per heavy atom. The first-order chi connectivity index (χ1) is 8.95. The first-order valence-corrected chi connectivity index (χ1v) is 6.94. The fourth-order valence-electron chi connectivity index (χ4n) is 1.92. The Bertz CT molecular complexity index is 596. The molecule has 0 amide bonds. The average molecular weight is 342 g/mol. The van der Waals surface area contributed by atoms with Gasteiger partial charge in [-0.15, -0.1) is 0 Å². The first kappa shape index (κ1) is 14.4. The van der Waals surface area contributed by atoms with Crippen molar-refractivity contribution in [2.75, 3.05) is 7.11 Å². The van der Waals surface area contributed by atoms with Crippen molar-refractivity contribution in [3.05, 3.63) is 63.1 Å². The summed E-state index contributed by atoms with van der Waals surface area (Å²) in [7, 11) is 1.55. The number of hydrogen-bond donors (Lipinski definition) is 1. The van der Waals surface area contributed by atoms with Gasteiger partial charge < -0.3 is 9.84 Å². The normalized spacial score (nSPS) is 13.9. The molecule has 0 bridgehead atoms. The van der Waals surface area contributed by atoms with Crippen LogP contribution >= 0.6 is 27.5 Å². The van der Waals surface area contributed by atoms with Crippen molar-refractivity contribution in [2.24, 2.45) is 0 Å². The van der Waals surface area contributed by atoms with Crippen LogP contribution in [0.2, 0.25) is 5.02 Å². The second-order valence-corrected chi connectivity index (χ2v) is 5.75. The van der Waals surface area contributed by atoms with Gasteiger partial charge in [0.25, 0.3) is 0 Å². The standard InChI is InChI=1S/C15H14BrClO2/c1-15(18,10-4-3-5-12(16)8-10)11-6-7-13(17)14(9-11)19-2/h3-9,18H,1-2H3. The molecule has 4 heteroatoms. The molecule has 0 saturated carbocycles. The molecule has 1 N–H and O–H groups in total. The molecule has 0 aliphatic heterocycles. The summed E-state index contributed by atoms with van der Waals surface area (Å²) in [6.45, 7) is 1.75. The largest absolute Gasteiger partial charge is 0.495 e. The highest BCUT2D eigenvalue weighted by molar-refractivity contribution is 9.10. The third kappa shape index (κ3) is 2.94. The van der Waals surface area contributed by atoms with E-state index >= 15 is 0 Å². The Kier molecular flexibility index (Phi) is 4.19. The molecule has 2 aromatic rings. The van der Waals surface area contributed by atoms with Crippen molar-refractivity contribution in [1.29, 1.82) is 0 Å². The molecule has 0 heterocycles. The van der Waals surface area contributed by atoms with Crippen molar-refractivity contribution < 1.29 is 9.84 Å². The van der Waals surface area contributed by atoms with Gasteiger partial charge in [-0.1, -0.05) is 45.7 Å². The van der Waals surface area contributed by atoms with Crippen LogP contribution in [0.15, 0.2) is 46.9 Å². The summed E-state index contributed by atoms with van der Waals surface area (Å²) in [5.74, 6) is 0.550. The minimum absolute atomic E-state index is 0.524. The lowest BCUT2D eigenvalue weighted by Gasteiger charge is -2.25. The molecule has 19 heavy (non-hydrogen) atoms. The van der Waals surface area contributed by atoms with Crippen LogP contribution < -0.4 is 4.74 Å². The minimum Gasteiger partial charge on any atom is -0.495 e. The smallest absolute Gasteiger partial charge is 0.137 e. The summed E-state index contributed by atoms with van der Waals surface area (Å²) in [5, 5.41) is 11.3. The van der Waals surface area contributed by atoms with Gasteiger partial charge in [0.1, 0.15) is 11.4 Å². The van der Waals surface area contributed by atoms with Crippen LogP contribution in [0.5, 0.6) is 5.75 Å². The van der Waals surface area contributed by atoms with Crippen molar-refractivity contribution in [2.45, 2.75) is 12.5 Å². The number of methoxy groups -OCH3 is 1. The van der Waals surface area contributed by atoms with Gasteiger partial charge in [-0.05, 0) is 42.3 Å². The van der Waals surface area contributed by atoms with E-state index in [4.69, 9.17) is 16.3 Å². The molecule has 0 fully saturated rings. The molecule has 100 valence electrons.